The molecule has 0 saturated carbocycles. The van der Waals surface area contributed by atoms with Gasteiger partial charge in [-0.1, -0.05) is 33.6 Å². The lowest BCUT2D eigenvalue weighted by atomic mass is 10.0. The molecule has 1 N–H and O–H groups in total. The van der Waals surface area contributed by atoms with Gasteiger partial charge in [-0.15, -0.1) is 11.3 Å². The van der Waals surface area contributed by atoms with Crippen LogP contribution in [0, 0.1) is 5.92 Å². The lowest BCUT2D eigenvalue weighted by Gasteiger charge is -2.12. The Labute approximate surface area is 97.9 Å². The topological polar surface area (TPSA) is 12.0 Å². The monoisotopic (exact) mass is 225 g/mol. The molecule has 0 fully saturated rings. The quantitative estimate of drug-likeness (QED) is 0.743. The van der Waals surface area contributed by atoms with E-state index >= 15 is 0 Å². The Hall–Kier alpha value is -0.340. The third-order valence-electron chi connectivity index (χ3n) is 2.95. The Morgan fingerprint density at radius 3 is 2.33 bits per heavy atom. The first-order valence-electron chi connectivity index (χ1n) is 6.08. The van der Waals surface area contributed by atoms with Crippen LogP contribution in [-0.4, -0.2) is 6.54 Å². The third-order valence-corrected chi connectivity index (χ3v) is 4.18. The molecule has 0 atom stereocenters. The van der Waals surface area contributed by atoms with E-state index in [1.165, 1.54) is 22.6 Å². The van der Waals surface area contributed by atoms with Crippen molar-refractivity contribution in [3.05, 3.63) is 21.9 Å². The summed E-state index contributed by atoms with van der Waals surface area (Å²) in [5, 5.41) is 3.55. The zero-order valence-electron chi connectivity index (χ0n) is 10.2. The molecule has 0 radical (unpaired) electrons. The van der Waals surface area contributed by atoms with Crippen molar-refractivity contribution in [2.45, 2.75) is 46.6 Å². The third kappa shape index (κ3) is 4.35. The zero-order chi connectivity index (χ0) is 11.1. The SMILES string of the molecule is CCc1ccc(CNCC(CC)CC)s1. The van der Waals surface area contributed by atoms with Crippen molar-refractivity contribution in [3.63, 3.8) is 0 Å². The molecule has 0 saturated heterocycles. The van der Waals surface area contributed by atoms with Crippen molar-refractivity contribution in [1.29, 1.82) is 0 Å². The molecule has 0 spiro atoms. The minimum atomic E-state index is 0.843. The van der Waals surface area contributed by atoms with Crippen LogP contribution in [0.3, 0.4) is 0 Å². The fourth-order valence-corrected chi connectivity index (χ4v) is 2.61. The van der Waals surface area contributed by atoms with Crippen LogP contribution < -0.4 is 5.32 Å². The van der Waals surface area contributed by atoms with E-state index in [1.807, 2.05) is 11.3 Å². The fourth-order valence-electron chi connectivity index (χ4n) is 1.68. The van der Waals surface area contributed by atoms with E-state index in [2.05, 4.69) is 38.2 Å². The van der Waals surface area contributed by atoms with Gasteiger partial charge >= 0.3 is 0 Å². The van der Waals surface area contributed by atoms with E-state index in [-0.39, 0.29) is 0 Å². The van der Waals surface area contributed by atoms with E-state index < -0.39 is 0 Å². The maximum Gasteiger partial charge on any atom is 0.0299 e. The lowest BCUT2D eigenvalue weighted by molar-refractivity contribution is 0.450. The van der Waals surface area contributed by atoms with Gasteiger partial charge in [0.05, 0.1) is 0 Å². The number of hydrogen-bond acceptors (Lipinski definition) is 2. The Morgan fingerprint density at radius 1 is 1.13 bits per heavy atom. The summed E-state index contributed by atoms with van der Waals surface area (Å²) in [7, 11) is 0. The molecule has 86 valence electrons. The molecule has 2 heteroatoms. The van der Waals surface area contributed by atoms with E-state index in [9.17, 15) is 0 Å². The standard InChI is InChI=1S/C13H23NS/c1-4-11(5-2)9-14-10-13-8-7-12(6-3)15-13/h7-8,11,14H,4-6,9-10H2,1-3H3. The van der Waals surface area contributed by atoms with Crippen LogP contribution in [0.2, 0.25) is 0 Å². The summed E-state index contributed by atoms with van der Waals surface area (Å²) < 4.78 is 0. The zero-order valence-corrected chi connectivity index (χ0v) is 11.0. The molecular weight excluding hydrogens is 202 g/mol. The Morgan fingerprint density at radius 2 is 1.80 bits per heavy atom. The van der Waals surface area contributed by atoms with Crippen molar-refractivity contribution in [2.24, 2.45) is 5.92 Å². The van der Waals surface area contributed by atoms with Crippen molar-refractivity contribution in [1.82, 2.24) is 5.32 Å². The Kier molecular flexibility index (Phi) is 5.96. The smallest absolute Gasteiger partial charge is 0.0299 e. The van der Waals surface area contributed by atoms with E-state index in [4.69, 9.17) is 0 Å². The molecule has 0 aromatic carbocycles. The van der Waals surface area contributed by atoms with Gasteiger partial charge in [0.15, 0.2) is 0 Å². The molecule has 0 bridgehead atoms. The van der Waals surface area contributed by atoms with Gasteiger partial charge in [-0.3, -0.25) is 0 Å². The molecule has 1 rings (SSSR count). The van der Waals surface area contributed by atoms with Gasteiger partial charge in [0.2, 0.25) is 0 Å². The normalized spacial score (nSPS) is 11.2. The molecule has 0 aliphatic carbocycles. The number of rotatable bonds is 7. The van der Waals surface area contributed by atoms with Crippen molar-refractivity contribution in [3.8, 4) is 0 Å². The highest BCUT2D eigenvalue weighted by Gasteiger charge is 2.03. The maximum atomic E-state index is 3.55. The number of aryl methyl sites for hydroxylation is 1. The highest BCUT2D eigenvalue weighted by Crippen LogP contribution is 2.16. The minimum absolute atomic E-state index is 0.843. The van der Waals surface area contributed by atoms with Crippen LogP contribution in [0.25, 0.3) is 0 Å². The molecule has 0 amide bonds. The predicted octanol–water partition coefficient (Wildman–Crippen LogP) is 3.84. The van der Waals surface area contributed by atoms with Gasteiger partial charge in [0.1, 0.15) is 0 Å². The summed E-state index contributed by atoms with van der Waals surface area (Å²) in [5.41, 5.74) is 0. The molecule has 0 unspecified atom stereocenters. The average Bonchev–Trinajstić information content (AvgIpc) is 2.72. The second kappa shape index (κ2) is 7.02. The average molecular weight is 225 g/mol. The van der Waals surface area contributed by atoms with Crippen LogP contribution in [0.5, 0.6) is 0 Å². The summed E-state index contributed by atoms with van der Waals surface area (Å²) in [4.78, 5) is 2.96. The van der Waals surface area contributed by atoms with E-state index in [1.54, 1.807) is 0 Å². The second-order valence-electron chi connectivity index (χ2n) is 4.03. The van der Waals surface area contributed by atoms with Crippen LogP contribution in [0.1, 0.15) is 43.4 Å². The fraction of sp³-hybridized carbons (Fsp3) is 0.692. The summed E-state index contributed by atoms with van der Waals surface area (Å²) in [5.74, 6) is 0.843. The number of hydrogen-bond donors (Lipinski definition) is 1. The van der Waals surface area contributed by atoms with Gasteiger partial charge in [0, 0.05) is 16.3 Å². The molecular formula is C13H23NS. The van der Waals surface area contributed by atoms with Crippen molar-refractivity contribution in [2.75, 3.05) is 6.54 Å². The van der Waals surface area contributed by atoms with Gasteiger partial charge in [-0.25, -0.2) is 0 Å². The molecule has 15 heavy (non-hydrogen) atoms. The van der Waals surface area contributed by atoms with Gasteiger partial charge in [0.25, 0.3) is 0 Å². The number of thiophene rings is 1. The minimum Gasteiger partial charge on any atom is -0.312 e. The largest absolute Gasteiger partial charge is 0.312 e. The van der Waals surface area contributed by atoms with Crippen LogP contribution in [-0.2, 0) is 13.0 Å². The van der Waals surface area contributed by atoms with Crippen LogP contribution >= 0.6 is 11.3 Å². The summed E-state index contributed by atoms with van der Waals surface area (Å²) in [6.07, 6.45) is 3.74. The molecule has 1 aromatic heterocycles. The van der Waals surface area contributed by atoms with E-state index in [0.717, 1.165) is 25.4 Å². The second-order valence-corrected chi connectivity index (χ2v) is 5.29. The first-order valence-corrected chi connectivity index (χ1v) is 6.90. The van der Waals surface area contributed by atoms with E-state index in [0.29, 0.717) is 0 Å². The summed E-state index contributed by atoms with van der Waals surface area (Å²) >= 11 is 1.94. The first kappa shape index (κ1) is 12.7. The number of nitrogens with one attached hydrogen (secondary N) is 1. The maximum absolute atomic E-state index is 3.55. The van der Waals surface area contributed by atoms with Crippen LogP contribution in [0.15, 0.2) is 12.1 Å². The Bertz CT molecular complexity index is 263. The molecule has 1 nitrogen and oxygen atoms in total. The van der Waals surface area contributed by atoms with Gasteiger partial charge in [-0.2, -0.15) is 0 Å². The first-order chi connectivity index (χ1) is 7.30. The van der Waals surface area contributed by atoms with Gasteiger partial charge in [-0.05, 0) is 31.0 Å². The lowest BCUT2D eigenvalue weighted by Crippen LogP contribution is -2.21. The summed E-state index contributed by atoms with van der Waals surface area (Å²) in [6.45, 7) is 8.97. The highest BCUT2D eigenvalue weighted by molar-refractivity contribution is 7.11. The summed E-state index contributed by atoms with van der Waals surface area (Å²) in [6, 6.07) is 4.50. The molecule has 0 aliphatic rings. The van der Waals surface area contributed by atoms with Gasteiger partial charge < -0.3 is 5.32 Å². The molecule has 0 aliphatic heterocycles. The molecule has 1 aromatic rings. The Balaban J connectivity index is 2.25. The molecule has 1 heterocycles. The van der Waals surface area contributed by atoms with Crippen molar-refractivity contribution < 1.29 is 0 Å². The highest BCUT2D eigenvalue weighted by atomic mass is 32.1. The van der Waals surface area contributed by atoms with Crippen molar-refractivity contribution >= 4 is 11.3 Å². The predicted molar refractivity (Wildman–Crippen MR) is 69.5 cm³/mol. The van der Waals surface area contributed by atoms with Crippen LogP contribution in [0.4, 0.5) is 0 Å².